The lowest BCUT2D eigenvalue weighted by Gasteiger charge is -2.12. The molecule has 0 bridgehead atoms. The zero-order chi connectivity index (χ0) is 21.5. The Kier molecular flexibility index (Phi) is 6.69. The fourth-order valence-corrected chi connectivity index (χ4v) is 2.82. The van der Waals surface area contributed by atoms with E-state index in [0.29, 0.717) is 36.0 Å². The van der Waals surface area contributed by atoms with Crippen LogP contribution in [0.5, 0.6) is 17.2 Å². The summed E-state index contributed by atoms with van der Waals surface area (Å²) >= 11 is 0. The Bertz CT molecular complexity index is 1040. The molecule has 0 aliphatic carbocycles. The number of nitrogens with zero attached hydrogens (tertiary/aromatic N) is 3. The number of para-hydroxylation sites is 1. The van der Waals surface area contributed by atoms with Gasteiger partial charge in [-0.15, -0.1) is 0 Å². The van der Waals surface area contributed by atoms with Crippen molar-refractivity contribution in [3.8, 4) is 22.9 Å². The molecule has 0 atom stereocenters. The van der Waals surface area contributed by atoms with E-state index in [0.717, 1.165) is 5.69 Å². The van der Waals surface area contributed by atoms with Gasteiger partial charge in [0.15, 0.2) is 11.4 Å². The predicted octanol–water partition coefficient (Wildman–Crippen LogP) is 3.53. The van der Waals surface area contributed by atoms with E-state index < -0.39 is 5.91 Å². The summed E-state index contributed by atoms with van der Waals surface area (Å²) in [5.74, 6) is 0.446. The summed E-state index contributed by atoms with van der Waals surface area (Å²) < 4.78 is 12.6. The van der Waals surface area contributed by atoms with E-state index in [2.05, 4.69) is 15.6 Å². The minimum absolute atomic E-state index is 0.122. The van der Waals surface area contributed by atoms with Crippen LogP contribution in [0, 0.1) is 0 Å². The van der Waals surface area contributed by atoms with Crippen molar-refractivity contribution < 1.29 is 19.4 Å². The van der Waals surface area contributed by atoms with Gasteiger partial charge in [0, 0.05) is 5.56 Å². The number of hydrogen-bond donors (Lipinski definition) is 2. The first-order valence-electron chi connectivity index (χ1n) is 9.62. The molecule has 0 aliphatic heterocycles. The van der Waals surface area contributed by atoms with Crippen LogP contribution in [-0.2, 0) is 0 Å². The monoisotopic (exact) mass is 408 g/mol. The summed E-state index contributed by atoms with van der Waals surface area (Å²) in [5, 5.41) is 18.4. The molecule has 3 aromatic rings. The maximum Gasteiger partial charge on any atom is 0.295 e. The quantitative estimate of drug-likeness (QED) is 0.439. The van der Waals surface area contributed by atoms with Gasteiger partial charge in [0.25, 0.3) is 5.91 Å². The number of hydrazone groups is 1. The van der Waals surface area contributed by atoms with E-state index in [1.165, 1.54) is 10.9 Å². The van der Waals surface area contributed by atoms with Gasteiger partial charge in [0.2, 0.25) is 0 Å². The Morgan fingerprint density at radius 1 is 1.13 bits per heavy atom. The molecule has 0 saturated carbocycles. The first-order chi connectivity index (χ1) is 14.5. The van der Waals surface area contributed by atoms with Gasteiger partial charge in [-0.1, -0.05) is 18.2 Å². The molecule has 30 heavy (non-hydrogen) atoms. The van der Waals surface area contributed by atoms with Crippen LogP contribution >= 0.6 is 0 Å². The molecular weight excluding hydrogens is 384 g/mol. The normalized spacial score (nSPS) is 11.2. The molecule has 2 aromatic carbocycles. The van der Waals surface area contributed by atoms with Crippen LogP contribution in [0.3, 0.4) is 0 Å². The van der Waals surface area contributed by atoms with Gasteiger partial charge < -0.3 is 14.6 Å². The van der Waals surface area contributed by atoms with Crippen LogP contribution in [0.4, 0.5) is 0 Å². The van der Waals surface area contributed by atoms with E-state index in [1.54, 1.807) is 19.1 Å². The molecule has 1 heterocycles. The number of carbonyl (C=O) groups excluding carboxylic acids is 1. The van der Waals surface area contributed by atoms with Crippen LogP contribution < -0.4 is 14.9 Å². The summed E-state index contributed by atoms with van der Waals surface area (Å²) in [4.78, 5) is 12.5. The number of aromatic nitrogens is 2. The topological polar surface area (TPSA) is 98.0 Å². The van der Waals surface area contributed by atoms with E-state index >= 15 is 0 Å². The lowest BCUT2D eigenvalue weighted by Crippen LogP contribution is -2.20. The third kappa shape index (κ3) is 4.78. The van der Waals surface area contributed by atoms with E-state index in [9.17, 15) is 9.90 Å². The molecule has 1 aromatic heterocycles. The number of nitrogens with one attached hydrogen (secondary N) is 1. The predicted molar refractivity (Wildman–Crippen MR) is 114 cm³/mol. The number of benzene rings is 2. The Labute approximate surface area is 174 Å². The van der Waals surface area contributed by atoms with Crippen LogP contribution in [0.15, 0.2) is 59.8 Å². The van der Waals surface area contributed by atoms with Gasteiger partial charge in [0.05, 0.1) is 30.8 Å². The SMILES string of the molecule is CCOc1ccc(OCC)c(/C(C)=N\NC(=O)c2nn(-c3ccccc3)cc2O)c1. The van der Waals surface area contributed by atoms with Crippen LogP contribution in [-0.4, -0.2) is 39.7 Å². The van der Waals surface area contributed by atoms with Crippen molar-refractivity contribution in [3.63, 3.8) is 0 Å². The number of rotatable bonds is 8. The number of carbonyl (C=O) groups is 1. The summed E-state index contributed by atoms with van der Waals surface area (Å²) in [5.41, 5.74) is 4.26. The van der Waals surface area contributed by atoms with Crippen molar-refractivity contribution in [3.05, 3.63) is 66.0 Å². The maximum atomic E-state index is 12.5. The molecule has 0 fully saturated rings. The highest BCUT2D eigenvalue weighted by atomic mass is 16.5. The van der Waals surface area contributed by atoms with Crippen molar-refractivity contribution in [2.75, 3.05) is 13.2 Å². The van der Waals surface area contributed by atoms with E-state index in [1.807, 2.05) is 50.2 Å². The van der Waals surface area contributed by atoms with Gasteiger partial charge in [0.1, 0.15) is 11.5 Å². The zero-order valence-electron chi connectivity index (χ0n) is 17.1. The van der Waals surface area contributed by atoms with Gasteiger partial charge in [-0.2, -0.15) is 10.2 Å². The zero-order valence-corrected chi connectivity index (χ0v) is 17.1. The summed E-state index contributed by atoms with van der Waals surface area (Å²) in [6, 6.07) is 14.6. The number of aromatic hydroxyl groups is 1. The molecule has 0 spiro atoms. The average Bonchev–Trinajstić information content (AvgIpc) is 3.15. The van der Waals surface area contributed by atoms with Crippen LogP contribution in [0.1, 0.15) is 36.8 Å². The van der Waals surface area contributed by atoms with Gasteiger partial charge in [-0.25, -0.2) is 10.1 Å². The lowest BCUT2D eigenvalue weighted by atomic mass is 10.1. The summed E-state index contributed by atoms with van der Waals surface area (Å²) in [6.07, 6.45) is 1.37. The van der Waals surface area contributed by atoms with Gasteiger partial charge in [-0.05, 0) is 51.1 Å². The second-order valence-electron chi connectivity index (χ2n) is 6.31. The van der Waals surface area contributed by atoms with Gasteiger partial charge >= 0.3 is 0 Å². The van der Waals surface area contributed by atoms with Gasteiger partial charge in [-0.3, -0.25) is 4.79 Å². The molecule has 0 saturated heterocycles. The molecular formula is C22H24N4O4. The van der Waals surface area contributed by atoms with E-state index in [4.69, 9.17) is 9.47 Å². The Balaban J connectivity index is 1.81. The third-order valence-corrected chi connectivity index (χ3v) is 4.21. The second-order valence-corrected chi connectivity index (χ2v) is 6.31. The van der Waals surface area contributed by atoms with Crippen LogP contribution in [0.25, 0.3) is 5.69 Å². The van der Waals surface area contributed by atoms with Crippen molar-refractivity contribution in [2.24, 2.45) is 5.10 Å². The largest absolute Gasteiger partial charge is 0.504 e. The molecule has 1 amide bonds. The first-order valence-corrected chi connectivity index (χ1v) is 9.62. The standard InChI is InChI=1S/C22H24N4O4/c1-4-29-17-11-12-20(30-5-2)18(13-17)15(3)23-24-22(28)21-19(27)14-26(25-21)16-9-7-6-8-10-16/h6-14,27H,4-5H2,1-3H3,(H,24,28)/b23-15-. The van der Waals surface area contributed by atoms with Crippen molar-refractivity contribution in [2.45, 2.75) is 20.8 Å². The van der Waals surface area contributed by atoms with Crippen molar-refractivity contribution in [1.82, 2.24) is 15.2 Å². The summed E-state index contributed by atoms with van der Waals surface area (Å²) in [7, 11) is 0. The maximum absolute atomic E-state index is 12.5. The minimum Gasteiger partial charge on any atom is -0.504 e. The van der Waals surface area contributed by atoms with Crippen LogP contribution in [0.2, 0.25) is 0 Å². The van der Waals surface area contributed by atoms with Crippen molar-refractivity contribution in [1.29, 1.82) is 0 Å². The Morgan fingerprint density at radius 2 is 1.87 bits per heavy atom. The highest BCUT2D eigenvalue weighted by Gasteiger charge is 2.17. The average molecular weight is 408 g/mol. The molecule has 3 rings (SSSR count). The number of amides is 1. The molecule has 0 radical (unpaired) electrons. The molecule has 0 unspecified atom stereocenters. The Morgan fingerprint density at radius 3 is 2.57 bits per heavy atom. The molecule has 8 nitrogen and oxygen atoms in total. The molecule has 0 aliphatic rings. The number of hydrogen-bond acceptors (Lipinski definition) is 6. The fraction of sp³-hybridized carbons (Fsp3) is 0.227. The minimum atomic E-state index is -0.625. The lowest BCUT2D eigenvalue weighted by molar-refractivity contribution is 0.0947. The molecule has 156 valence electrons. The highest BCUT2D eigenvalue weighted by Crippen LogP contribution is 2.25. The highest BCUT2D eigenvalue weighted by molar-refractivity contribution is 6.03. The van der Waals surface area contributed by atoms with E-state index in [-0.39, 0.29) is 11.4 Å². The van der Waals surface area contributed by atoms with Crippen molar-refractivity contribution >= 4 is 11.6 Å². The molecule has 8 heteroatoms. The number of ether oxygens (including phenoxy) is 2. The smallest absolute Gasteiger partial charge is 0.295 e. The third-order valence-electron chi connectivity index (χ3n) is 4.21. The second kappa shape index (κ2) is 9.60. The molecule has 2 N–H and O–H groups in total. The fourth-order valence-electron chi connectivity index (χ4n) is 2.82. The summed E-state index contributed by atoms with van der Waals surface area (Å²) in [6.45, 7) is 6.56. The Hall–Kier alpha value is -3.81. The first kappa shape index (κ1) is 20.9.